The molecule has 0 aliphatic heterocycles. The first-order valence-electron chi connectivity index (χ1n) is 6.21. The lowest BCUT2D eigenvalue weighted by molar-refractivity contribution is 0.186. The van der Waals surface area contributed by atoms with Crippen molar-refractivity contribution in [1.29, 1.82) is 0 Å². The Morgan fingerprint density at radius 1 is 1.10 bits per heavy atom. The number of nitrogens with one attached hydrogen (secondary N) is 1. The van der Waals surface area contributed by atoms with Gasteiger partial charge < -0.3 is 15.2 Å². The van der Waals surface area contributed by atoms with E-state index in [9.17, 15) is 18.3 Å². The molecule has 0 aliphatic carbocycles. The van der Waals surface area contributed by atoms with Crippen molar-refractivity contribution < 1.29 is 23.0 Å². The summed E-state index contributed by atoms with van der Waals surface area (Å²) in [5, 5.41) is 12.7. The van der Waals surface area contributed by atoms with Crippen LogP contribution in [0.3, 0.4) is 0 Å². The highest BCUT2D eigenvalue weighted by Gasteiger charge is 2.14. The fourth-order valence-corrected chi connectivity index (χ4v) is 1.90. The Bertz CT molecular complexity index is 634. The molecule has 2 rings (SSSR count). The summed E-state index contributed by atoms with van der Waals surface area (Å²) in [5.74, 6) is -1.54. The molecule has 0 amide bonds. The van der Waals surface area contributed by atoms with Crippen LogP contribution in [0.15, 0.2) is 36.4 Å². The summed E-state index contributed by atoms with van der Waals surface area (Å²) in [6, 6.07) is 6.69. The van der Waals surface area contributed by atoms with Gasteiger partial charge in [-0.1, -0.05) is 0 Å². The van der Waals surface area contributed by atoms with Crippen molar-refractivity contribution in [2.24, 2.45) is 0 Å². The smallest absolute Gasteiger partial charge is 0.144 e. The van der Waals surface area contributed by atoms with E-state index in [0.717, 1.165) is 18.2 Å². The predicted molar refractivity (Wildman–Crippen MR) is 72.8 cm³/mol. The van der Waals surface area contributed by atoms with Crippen molar-refractivity contribution >= 4 is 5.69 Å². The lowest BCUT2D eigenvalue weighted by Gasteiger charge is -2.16. The SMILES string of the molecule is COc1cc(F)ccc1NCC(O)c1cc(F)ccc1F. The van der Waals surface area contributed by atoms with Crippen molar-refractivity contribution in [3.05, 3.63) is 59.4 Å². The van der Waals surface area contributed by atoms with Crippen LogP contribution >= 0.6 is 0 Å². The molecule has 21 heavy (non-hydrogen) atoms. The molecule has 0 aliphatic rings. The van der Waals surface area contributed by atoms with Crippen LogP contribution in [-0.2, 0) is 0 Å². The molecule has 0 aromatic heterocycles. The van der Waals surface area contributed by atoms with Gasteiger partial charge in [0.25, 0.3) is 0 Å². The minimum absolute atomic E-state index is 0.0810. The van der Waals surface area contributed by atoms with Gasteiger partial charge in [0.15, 0.2) is 0 Å². The topological polar surface area (TPSA) is 41.5 Å². The molecule has 0 spiro atoms. The summed E-state index contributed by atoms with van der Waals surface area (Å²) in [6.45, 7) is -0.0810. The fraction of sp³-hybridized carbons (Fsp3) is 0.200. The summed E-state index contributed by atoms with van der Waals surface area (Å²) in [4.78, 5) is 0. The van der Waals surface area contributed by atoms with E-state index in [4.69, 9.17) is 4.74 Å². The molecular formula is C15H14F3NO2. The van der Waals surface area contributed by atoms with Crippen molar-refractivity contribution in [3.63, 3.8) is 0 Å². The second-order valence-corrected chi connectivity index (χ2v) is 4.41. The van der Waals surface area contributed by atoms with Gasteiger partial charge in [-0.3, -0.25) is 0 Å². The van der Waals surface area contributed by atoms with E-state index in [1.54, 1.807) is 0 Å². The highest BCUT2D eigenvalue weighted by molar-refractivity contribution is 5.56. The summed E-state index contributed by atoms with van der Waals surface area (Å²) in [7, 11) is 1.38. The Kier molecular flexibility index (Phi) is 4.70. The molecule has 6 heteroatoms. The number of halogens is 3. The molecule has 0 saturated heterocycles. The summed E-state index contributed by atoms with van der Waals surface area (Å²) in [6.07, 6.45) is -1.25. The van der Waals surface area contributed by atoms with Crippen LogP contribution < -0.4 is 10.1 Å². The molecular weight excluding hydrogens is 283 g/mol. The summed E-state index contributed by atoms with van der Waals surface area (Å²) >= 11 is 0. The molecule has 2 aromatic carbocycles. The molecule has 0 heterocycles. The Labute approximate surface area is 120 Å². The standard InChI is InChI=1S/C15H14F3NO2/c1-21-15-7-10(17)3-5-13(15)19-8-14(20)11-6-9(16)2-4-12(11)18/h2-7,14,19-20H,8H2,1H3. The number of aliphatic hydroxyl groups excluding tert-OH is 1. The molecule has 2 N–H and O–H groups in total. The third-order valence-corrected chi connectivity index (χ3v) is 2.97. The van der Waals surface area contributed by atoms with Gasteiger partial charge in [-0.25, -0.2) is 13.2 Å². The number of hydrogen-bond donors (Lipinski definition) is 2. The van der Waals surface area contributed by atoms with E-state index < -0.39 is 23.6 Å². The lowest BCUT2D eigenvalue weighted by Crippen LogP contribution is -2.14. The quantitative estimate of drug-likeness (QED) is 0.890. The van der Waals surface area contributed by atoms with E-state index in [1.165, 1.54) is 25.3 Å². The zero-order valence-electron chi connectivity index (χ0n) is 11.2. The van der Waals surface area contributed by atoms with Gasteiger partial charge in [-0.05, 0) is 30.3 Å². The van der Waals surface area contributed by atoms with Crippen LogP contribution in [-0.4, -0.2) is 18.8 Å². The zero-order chi connectivity index (χ0) is 15.4. The molecule has 2 aromatic rings. The van der Waals surface area contributed by atoms with Crippen molar-refractivity contribution in [2.75, 3.05) is 19.0 Å². The summed E-state index contributed by atoms with van der Waals surface area (Å²) < 4.78 is 44.6. The van der Waals surface area contributed by atoms with E-state index in [0.29, 0.717) is 5.69 Å². The van der Waals surface area contributed by atoms with Gasteiger partial charge in [0, 0.05) is 18.2 Å². The first-order valence-corrected chi connectivity index (χ1v) is 6.21. The van der Waals surface area contributed by atoms with E-state index >= 15 is 0 Å². The Morgan fingerprint density at radius 3 is 2.48 bits per heavy atom. The molecule has 1 atom stereocenters. The second kappa shape index (κ2) is 6.49. The largest absolute Gasteiger partial charge is 0.494 e. The third-order valence-electron chi connectivity index (χ3n) is 2.97. The molecule has 0 radical (unpaired) electrons. The van der Waals surface area contributed by atoms with Gasteiger partial charge in [0.1, 0.15) is 23.2 Å². The van der Waals surface area contributed by atoms with Crippen LogP contribution in [0.25, 0.3) is 0 Å². The molecule has 0 saturated carbocycles. The maximum Gasteiger partial charge on any atom is 0.144 e. The maximum absolute atomic E-state index is 13.5. The molecule has 0 fully saturated rings. The van der Waals surface area contributed by atoms with Crippen LogP contribution in [0.4, 0.5) is 18.9 Å². The molecule has 3 nitrogen and oxygen atoms in total. The zero-order valence-corrected chi connectivity index (χ0v) is 11.2. The van der Waals surface area contributed by atoms with Crippen LogP contribution in [0.5, 0.6) is 5.75 Å². The van der Waals surface area contributed by atoms with Crippen molar-refractivity contribution in [3.8, 4) is 5.75 Å². The Morgan fingerprint density at radius 2 is 1.76 bits per heavy atom. The van der Waals surface area contributed by atoms with Crippen LogP contribution in [0.2, 0.25) is 0 Å². The molecule has 0 bridgehead atoms. The van der Waals surface area contributed by atoms with Crippen molar-refractivity contribution in [1.82, 2.24) is 0 Å². The number of ether oxygens (including phenoxy) is 1. The van der Waals surface area contributed by atoms with Crippen LogP contribution in [0.1, 0.15) is 11.7 Å². The number of aliphatic hydroxyl groups is 1. The van der Waals surface area contributed by atoms with Crippen molar-refractivity contribution in [2.45, 2.75) is 6.10 Å². The Hall–Kier alpha value is -2.21. The number of hydrogen-bond acceptors (Lipinski definition) is 3. The van der Waals surface area contributed by atoms with Gasteiger partial charge in [0.2, 0.25) is 0 Å². The van der Waals surface area contributed by atoms with E-state index in [-0.39, 0.29) is 17.9 Å². The second-order valence-electron chi connectivity index (χ2n) is 4.41. The number of benzene rings is 2. The van der Waals surface area contributed by atoms with Gasteiger partial charge in [-0.2, -0.15) is 0 Å². The van der Waals surface area contributed by atoms with Gasteiger partial charge >= 0.3 is 0 Å². The minimum Gasteiger partial charge on any atom is -0.494 e. The van der Waals surface area contributed by atoms with Gasteiger partial charge in [0.05, 0.1) is 18.9 Å². The van der Waals surface area contributed by atoms with E-state index in [2.05, 4.69) is 5.32 Å². The Balaban J connectivity index is 2.10. The summed E-state index contributed by atoms with van der Waals surface area (Å²) in [5.41, 5.74) is 0.290. The monoisotopic (exact) mass is 297 g/mol. The average molecular weight is 297 g/mol. The lowest BCUT2D eigenvalue weighted by atomic mass is 10.1. The predicted octanol–water partition coefficient (Wildman–Crippen LogP) is 3.26. The first-order chi connectivity index (χ1) is 10.0. The highest BCUT2D eigenvalue weighted by Crippen LogP contribution is 2.26. The third kappa shape index (κ3) is 3.66. The van der Waals surface area contributed by atoms with Gasteiger partial charge in [-0.15, -0.1) is 0 Å². The molecule has 112 valence electrons. The minimum atomic E-state index is -1.25. The maximum atomic E-state index is 13.5. The van der Waals surface area contributed by atoms with Crippen LogP contribution in [0, 0.1) is 17.5 Å². The number of rotatable bonds is 5. The number of methoxy groups -OCH3 is 1. The highest BCUT2D eigenvalue weighted by atomic mass is 19.1. The average Bonchev–Trinajstić information content (AvgIpc) is 2.48. The van der Waals surface area contributed by atoms with E-state index in [1.807, 2.05) is 0 Å². The molecule has 1 unspecified atom stereocenters. The fourth-order valence-electron chi connectivity index (χ4n) is 1.90. The first kappa shape index (κ1) is 15.2. The normalized spacial score (nSPS) is 12.0. The number of anilines is 1.